The van der Waals surface area contributed by atoms with Crippen molar-refractivity contribution in [2.75, 3.05) is 13.2 Å². The van der Waals surface area contributed by atoms with Gasteiger partial charge in [0.2, 0.25) is 0 Å². The van der Waals surface area contributed by atoms with Crippen molar-refractivity contribution in [1.82, 2.24) is 0 Å². The first kappa shape index (κ1) is 66.2. The summed E-state index contributed by atoms with van der Waals surface area (Å²) in [6, 6.07) is 0. The van der Waals surface area contributed by atoms with Crippen LogP contribution in [0.4, 0.5) is 0 Å². The molecule has 1 fully saturated rings. The Kier molecular flexibility index (Phi) is 38.7. The first-order valence-corrected chi connectivity index (χ1v) is 28.7. The molecule has 0 spiro atoms. The van der Waals surface area contributed by atoms with Crippen LogP contribution in [-0.2, 0) is 41.8 Å². The lowest BCUT2D eigenvalue weighted by Crippen LogP contribution is -2.64. The molecular weight excluding hydrogens is 959 g/mol. The Morgan fingerprint density at radius 1 is 0.507 bits per heavy atom. The molecule has 0 saturated heterocycles. The first-order chi connectivity index (χ1) is 34.0. The molecule has 1 aliphatic rings. The van der Waals surface area contributed by atoms with E-state index in [9.17, 15) is 58.9 Å². The molecule has 1 saturated carbocycles. The highest BCUT2D eigenvalue weighted by molar-refractivity contribution is 7.47. The van der Waals surface area contributed by atoms with E-state index < -0.39 is 83.5 Å². The fourth-order valence-corrected chi connectivity index (χ4v) is 8.72. The van der Waals surface area contributed by atoms with E-state index in [1.165, 1.54) is 25.7 Å². The Morgan fingerprint density at radius 2 is 0.944 bits per heavy atom. The molecule has 0 aromatic carbocycles. The molecule has 0 bridgehead atoms. The predicted molar refractivity (Wildman–Crippen MR) is 275 cm³/mol. The van der Waals surface area contributed by atoms with Gasteiger partial charge in [0, 0.05) is 12.8 Å². The highest BCUT2D eigenvalue weighted by Gasteiger charge is 2.54. The monoisotopic (exact) mass is 1050 g/mol. The van der Waals surface area contributed by atoms with Gasteiger partial charge in [-0.05, 0) is 96.3 Å². The average molecular weight is 1050 g/mol. The van der Waals surface area contributed by atoms with Gasteiger partial charge in [0.1, 0.15) is 43.2 Å². The number of carbonyl (C=O) groups is 2. The van der Waals surface area contributed by atoms with E-state index in [1.54, 1.807) is 0 Å². The second-order valence-corrected chi connectivity index (χ2v) is 20.3. The van der Waals surface area contributed by atoms with Gasteiger partial charge in [-0.1, -0.05) is 144 Å². The fraction of sp³-hybridized carbons (Fsp3) is 0.692. The number of esters is 2. The summed E-state index contributed by atoms with van der Waals surface area (Å²) in [5.41, 5.74) is 0. The topological polar surface area (TPSA) is 276 Å². The van der Waals surface area contributed by atoms with Crippen LogP contribution in [0.2, 0.25) is 0 Å². The van der Waals surface area contributed by atoms with Crippen LogP contribution < -0.4 is 0 Å². The molecule has 0 aromatic heterocycles. The summed E-state index contributed by atoms with van der Waals surface area (Å²) >= 11 is 0. The first-order valence-electron chi connectivity index (χ1n) is 25.7. The lowest BCUT2D eigenvalue weighted by atomic mass is 9.85. The Morgan fingerprint density at radius 3 is 1.45 bits per heavy atom. The molecule has 0 radical (unpaired) electrons. The van der Waals surface area contributed by atoms with Crippen molar-refractivity contribution in [2.24, 2.45) is 0 Å². The van der Waals surface area contributed by atoms with Crippen molar-refractivity contribution in [3.8, 4) is 0 Å². The number of aliphatic hydroxyl groups is 5. The zero-order valence-electron chi connectivity index (χ0n) is 42.2. The zero-order chi connectivity index (χ0) is 52.6. The molecule has 0 aliphatic heterocycles. The van der Waals surface area contributed by atoms with Gasteiger partial charge in [-0.15, -0.1) is 0 Å². The maximum Gasteiger partial charge on any atom is 0.472 e. The molecule has 71 heavy (non-hydrogen) atoms. The van der Waals surface area contributed by atoms with Crippen molar-refractivity contribution >= 4 is 27.6 Å². The Balaban J connectivity index is 2.60. The summed E-state index contributed by atoms with van der Waals surface area (Å²) in [6.45, 7) is 2.76. The third-order valence-corrected chi connectivity index (χ3v) is 12.9. The van der Waals surface area contributed by atoms with E-state index in [4.69, 9.17) is 18.5 Å². The lowest BCUT2D eigenvalue weighted by molar-refractivity contribution is -0.216. The number of ether oxygens (including phenoxy) is 2. The average Bonchev–Trinajstić information content (AvgIpc) is 3.33. The third kappa shape index (κ3) is 35.9. The number of phosphoric ester groups is 2. The van der Waals surface area contributed by atoms with Gasteiger partial charge in [-0.3, -0.25) is 23.2 Å². The number of hydrogen-bond acceptors (Lipinski definition) is 14. The Bertz CT molecular complexity index is 1710. The molecule has 0 heterocycles. The Labute approximate surface area is 423 Å². The fourth-order valence-electron chi connectivity index (χ4n) is 7.18. The van der Waals surface area contributed by atoms with E-state index in [0.29, 0.717) is 19.3 Å². The van der Waals surface area contributed by atoms with Gasteiger partial charge in [-0.2, -0.15) is 0 Å². The molecule has 0 aromatic rings. The van der Waals surface area contributed by atoms with Crippen molar-refractivity contribution in [2.45, 2.75) is 217 Å². The van der Waals surface area contributed by atoms with Gasteiger partial charge in [-0.25, -0.2) is 9.13 Å². The van der Waals surface area contributed by atoms with Crippen molar-refractivity contribution < 1.29 is 82.0 Å². The summed E-state index contributed by atoms with van der Waals surface area (Å²) in [7, 11) is -10.7. The van der Waals surface area contributed by atoms with E-state index in [-0.39, 0.29) is 18.9 Å². The van der Waals surface area contributed by atoms with E-state index in [1.807, 2.05) is 25.2 Å². The van der Waals surface area contributed by atoms with Gasteiger partial charge < -0.3 is 49.7 Å². The number of phosphoric acid groups is 2. The maximum absolute atomic E-state index is 13.0. The summed E-state index contributed by atoms with van der Waals surface area (Å²) in [5, 5.41) is 50.9. The standard InChI is InChI=1S/C52H88O17P2/c1-3-5-6-7-8-9-10-11-12-13-14-15-16-17-22-25-28-31-34-37-40-46(55)67-44(42-66-71(63,64)69-52-49(58)47(56)48(57)51(50(52)59)68-70(60,61)62)41-65-45(54)39-36-33-30-27-24-21-19-18-20-23-26-29-32-35-38-43(53)4-2/h9-10,12-13,15-16,19-21,23,27,29-30,32,43-44,47-53,56-59H,3-8,11,14,17-18,22,24-26,28,31,33-42H2,1-2H3,(H,63,64)(H2,60,61,62)/b10-9-,13-12-,16-15-,21-19-,23-20-,30-27-,32-29-/t43-,44+,47?,48?,49?,50?,51+,52-/m0/s1. The van der Waals surface area contributed by atoms with Crippen LogP contribution in [0.25, 0.3) is 0 Å². The van der Waals surface area contributed by atoms with Crippen molar-refractivity contribution in [3.05, 3.63) is 85.1 Å². The lowest BCUT2D eigenvalue weighted by Gasteiger charge is -2.43. The van der Waals surface area contributed by atoms with Crippen LogP contribution >= 0.6 is 15.6 Å². The van der Waals surface area contributed by atoms with Gasteiger partial charge >= 0.3 is 27.6 Å². The number of aliphatic hydroxyl groups excluding tert-OH is 5. The third-order valence-electron chi connectivity index (χ3n) is 11.4. The summed E-state index contributed by atoms with van der Waals surface area (Å²) < 4.78 is 49.4. The predicted octanol–water partition coefficient (Wildman–Crippen LogP) is 9.54. The highest BCUT2D eigenvalue weighted by atomic mass is 31.2. The van der Waals surface area contributed by atoms with Gasteiger partial charge in [0.05, 0.1) is 12.7 Å². The zero-order valence-corrected chi connectivity index (χ0v) is 44.0. The highest BCUT2D eigenvalue weighted by Crippen LogP contribution is 2.49. The molecule has 19 heteroatoms. The molecule has 9 atom stereocenters. The molecule has 5 unspecified atom stereocenters. The normalized spacial score (nSPS) is 22.0. The number of carbonyl (C=O) groups excluding carboxylic acids is 2. The molecule has 1 aliphatic carbocycles. The molecule has 0 amide bonds. The van der Waals surface area contributed by atoms with Gasteiger partial charge in [0.15, 0.2) is 6.10 Å². The number of hydrogen-bond donors (Lipinski definition) is 8. The van der Waals surface area contributed by atoms with E-state index in [2.05, 4.69) is 78.3 Å². The van der Waals surface area contributed by atoms with Crippen molar-refractivity contribution in [1.29, 1.82) is 0 Å². The Hall–Kier alpha value is -2.86. The van der Waals surface area contributed by atoms with Crippen LogP contribution in [0.5, 0.6) is 0 Å². The SMILES string of the molecule is CCCCCC/C=C\C/C=C\C/C=C\CCCCCCCCC(=O)O[C@H](COC(=O)CCC/C=C\C/C=C\C/C=C\C/C=C\CC[C@@H](O)CC)COP(=O)(O)O[C@H]1C(O)C(O)C(O)[C@@H](OP(=O)(O)O)C1O. The molecule has 8 N–H and O–H groups in total. The van der Waals surface area contributed by atoms with Crippen molar-refractivity contribution in [3.63, 3.8) is 0 Å². The quantitative estimate of drug-likeness (QED) is 0.0122. The van der Waals surface area contributed by atoms with Crippen LogP contribution in [0.1, 0.15) is 168 Å². The smallest absolute Gasteiger partial charge is 0.462 e. The van der Waals surface area contributed by atoms with Crippen LogP contribution in [0, 0.1) is 0 Å². The minimum absolute atomic E-state index is 0.00643. The van der Waals surface area contributed by atoms with Crippen LogP contribution in [-0.4, -0.2) is 114 Å². The summed E-state index contributed by atoms with van der Waals surface area (Å²) in [4.78, 5) is 54.4. The van der Waals surface area contributed by atoms with Crippen LogP contribution in [0.15, 0.2) is 85.1 Å². The van der Waals surface area contributed by atoms with E-state index in [0.717, 1.165) is 96.3 Å². The van der Waals surface area contributed by atoms with Crippen LogP contribution in [0.3, 0.4) is 0 Å². The molecule has 408 valence electrons. The van der Waals surface area contributed by atoms with E-state index >= 15 is 0 Å². The molecule has 17 nitrogen and oxygen atoms in total. The van der Waals surface area contributed by atoms with Gasteiger partial charge in [0.25, 0.3) is 0 Å². The second kappa shape index (κ2) is 41.5. The molecule has 1 rings (SSSR count). The minimum atomic E-state index is -5.38. The number of unbranched alkanes of at least 4 members (excludes halogenated alkanes) is 11. The largest absolute Gasteiger partial charge is 0.472 e. The maximum atomic E-state index is 13.0. The second-order valence-electron chi connectivity index (χ2n) is 17.7. The minimum Gasteiger partial charge on any atom is -0.462 e. The summed E-state index contributed by atoms with van der Waals surface area (Å²) in [6.07, 6.45) is 34.7. The number of allylic oxidation sites excluding steroid dienone is 14. The molecular formula is C52H88O17P2. The number of rotatable bonds is 42. The summed E-state index contributed by atoms with van der Waals surface area (Å²) in [5.74, 6) is -1.31.